The lowest BCUT2D eigenvalue weighted by Crippen LogP contribution is -2.00. The van der Waals surface area contributed by atoms with Crippen molar-refractivity contribution >= 4 is 34.7 Å². The first-order valence-electron chi connectivity index (χ1n) is 6.73. The van der Waals surface area contributed by atoms with Gasteiger partial charge in [-0.3, -0.25) is 0 Å². The van der Waals surface area contributed by atoms with Crippen LogP contribution in [0, 0.1) is 6.92 Å². The molecular formula is C14H16N6OS. The summed E-state index contributed by atoms with van der Waals surface area (Å²) in [6.07, 6.45) is 0. The number of nitrogen functional groups attached to an aromatic ring is 2. The molecule has 0 atom stereocenters. The lowest BCUT2D eigenvalue weighted by Gasteiger charge is -2.05. The maximum atomic E-state index is 5.78. The third-order valence-corrected chi connectivity index (χ3v) is 3.79. The van der Waals surface area contributed by atoms with E-state index in [1.165, 1.54) is 17.3 Å². The lowest BCUT2D eigenvalue weighted by molar-refractivity contribution is 0.343. The third-order valence-electron chi connectivity index (χ3n) is 2.95. The molecule has 7 nitrogen and oxygen atoms in total. The predicted octanol–water partition coefficient (Wildman–Crippen LogP) is 2.00. The van der Waals surface area contributed by atoms with Gasteiger partial charge >= 0.3 is 0 Å². The molecule has 114 valence electrons. The zero-order valence-corrected chi connectivity index (χ0v) is 12.9. The highest BCUT2D eigenvalue weighted by molar-refractivity contribution is 7.99. The topological polar surface area (TPSA) is 116 Å². The number of aromatic nitrogens is 4. The van der Waals surface area contributed by atoms with Gasteiger partial charge in [0.05, 0.1) is 6.61 Å². The number of nitrogens with two attached hydrogens (primary N) is 2. The fraction of sp³-hybridized carbons (Fsp3) is 0.214. The van der Waals surface area contributed by atoms with Crippen molar-refractivity contribution in [1.29, 1.82) is 0 Å². The van der Waals surface area contributed by atoms with Crippen LogP contribution in [0.3, 0.4) is 0 Å². The number of rotatable bonds is 5. The molecule has 2 aromatic heterocycles. The second kappa shape index (κ2) is 6.10. The molecule has 3 rings (SSSR count). The van der Waals surface area contributed by atoms with Crippen LogP contribution in [0.4, 0.5) is 11.8 Å². The largest absolute Gasteiger partial charge is 0.493 e. The minimum atomic E-state index is 0.121. The van der Waals surface area contributed by atoms with Crippen molar-refractivity contribution in [2.45, 2.75) is 12.1 Å². The molecule has 3 aromatic rings. The minimum absolute atomic E-state index is 0.121. The summed E-state index contributed by atoms with van der Waals surface area (Å²) < 4.78 is 5.69. The number of fused-ring (bicyclic) bond motifs is 1. The van der Waals surface area contributed by atoms with Crippen LogP contribution in [0.5, 0.6) is 5.75 Å². The normalized spacial score (nSPS) is 11.0. The van der Waals surface area contributed by atoms with Gasteiger partial charge < -0.3 is 21.2 Å². The molecule has 0 aliphatic carbocycles. The highest BCUT2D eigenvalue weighted by Gasteiger charge is 2.09. The predicted molar refractivity (Wildman–Crippen MR) is 87.9 cm³/mol. The summed E-state index contributed by atoms with van der Waals surface area (Å²) in [5, 5.41) is 0.717. The second-order valence-corrected chi connectivity index (χ2v) is 5.80. The number of imidazole rings is 1. The monoisotopic (exact) mass is 316 g/mol. The number of ether oxygens (including phenoxy) is 1. The molecule has 0 aliphatic heterocycles. The number of benzene rings is 1. The Balaban J connectivity index is 1.59. The van der Waals surface area contributed by atoms with E-state index < -0.39 is 0 Å². The number of hydrogen-bond acceptors (Lipinski definition) is 7. The average molecular weight is 316 g/mol. The van der Waals surface area contributed by atoms with E-state index in [9.17, 15) is 0 Å². The lowest BCUT2D eigenvalue weighted by atomic mass is 10.2. The van der Waals surface area contributed by atoms with Crippen molar-refractivity contribution in [2.24, 2.45) is 0 Å². The smallest absolute Gasteiger partial charge is 0.224 e. The van der Waals surface area contributed by atoms with Crippen LogP contribution in [0.2, 0.25) is 0 Å². The number of aryl methyl sites for hydroxylation is 1. The van der Waals surface area contributed by atoms with Crippen molar-refractivity contribution in [2.75, 3.05) is 23.8 Å². The van der Waals surface area contributed by atoms with Gasteiger partial charge in [-0.2, -0.15) is 9.97 Å². The number of thioether (sulfide) groups is 1. The first-order valence-corrected chi connectivity index (χ1v) is 7.71. The fourth-order valence-corrected chi connectivity index (χ4v) is 2.67. The minimum Gasteiger partial charge on any atom is -0.493 e. The van der Waals surface area contributed by atoms with Gasteiger partial charge in [0.25, 0.3) is 0 Å². The zero-order valence-electron chi connectivity index (χ0n) is 12.0. The Morgan fingerprint density at radius 1 is 1.23 bits per heavy atom. The van der Waals surface area contributed by atoms with Crippen LogP contribution in [0.1, 0.15) is 5.56 Å². The molecule has 2 heterocycles. The Morgan fingerprint density at radius 3 is 2.91 bits per heavy atom. The van der Waals surface area contributed by atoms with Gasteiger partial charge in [-0.25, -0.2) is 4.98 Å². The van der Waals surface area contributed by atoms with Gasteiger partial charge in [0.2, 0.25) is 5.95 Å². The molecule has 5 N–H and O–H groups in total. The summed E-state index contributed by atoms with van der Waals surface area (Å²) in [7, 11) is 0. The molecule has 0 saturated heterocycles. The van der Waals surface area contributed by atoms with Gasteiger partial charge in [0.15, 0.2) is 16.6 Å². The number of aromatic amines is 1. The van der Waals surface area contributed by atoms with Crippen molar-refractivity contribution in [3.63, 3.8) is 0 Å². The second-order valence-electron chi connectivity index (χ2n) is 4.72. The van der Waals surface area contributed by atoms with Gasteiger partial charge in [-0.1, -0.05) is 23.9 Å². The van der Waals surface area contributed by atoms with Crippen molar-refractivity contribution in [3.05, 3.63) is 29.8 Å². The first-order chi connectivity index (χ1) is 10.6. The van der Waals surface area contributed by atoms with E-state index in [2.05, 4.69) is 19.9 Å². The molecule has 0 saturated carbocycles. The highest BCUT2D eigenvalue weighted by atomic mass is 32.2. The number of H-pyrrole nitrogens is 1. The molecule has 8 heteroatoms. The van der Waals surface area contributed by atoms with Crippen LogP contribution >= 0.6 is 11.8 Å². The summed E-state index contributed by atoms with van der Waals surface area (Å²) in [6, 6.07) is 7.96. The van der Waals surface area contributed by atoms with Gasteiger partial charge in [-0.15, -0.1) is 0 Å². The fourth-order valence-electron chi connectivity index (χ4n) is 1.99. The molecule has 0 aliphatic rings. The number of nitrogens with zero attached hydrogens (tertiary/aromatic N) is 3. The third kappa shape index (κ3) is 3.22. The standard InChI is InChI=1S/C14H16N6OS/c1-8-3-2-4-9(7-8)21-5-6-22-14-17-10-11(15)18-13(16)19-12(10)20-14/h2-4,7H,5-6H2,1H3,(H5,15,16,17,18,19,20). The van der Waals surface area contributed by atoms with Gasteiger partial charge in [-0.05, 0) is 24.6 Å². The summed E-state index contributed by atoms with van der Waals surface area (Å²) >= 11 is 1.53. The van der Waals surface area contributed by atoms with Crippen molar-refractivity contribution < 1.29 is 4.74 Å². The maximum Gasteiger partial charge on any atom is 0.224 e. The Kier molecular flexibility index (Phi) is 4.01. The molecule has 0 bridgehead atoms. The Hall–Kier alpha value is -2.48. The van der Waals surface area contributed by atoms with Gasteiger partial charge in [0, 0.05) is 5.75 Å². The SMILES string of the molecule is Cc1cccc(OCCSc2nc3nc(N)nc(N)c3[nH]2)c1. The Morgan fingerprint density at radius 2 is 2.09 bits per heavy atom. The van der Waals surface area contributed by atoms with Crippen LogP contribution < -0.4 is 16.2 Å². The van der Waals surface area contributed by atoms with E-state index in [1.54, 1.807) is 0 Å². The summed E-state index contributed by atoms with van der Waals surface area (Å²) in [5.41, 5.74) is 13.6. The van der Waals surface area contributed by atoms with E-state index >= 15 is 0 Å². The number of hydrogen-bond donors (Lipinski definition) is 3. The number of nitrogens with one attached hydrogen (secondary N) is 1. The van der Waals surface area contributed by atoms with Crippen LogP contribution in [-0.2, 0) is 0 Å². The quantitative estimate of drug-likeness (QED) is 0.487. The van der Waals surface area contributed by atoms with Gasteiger partial charge in [0.1, 0.15) is 11.3 Å². The average Bonchev–Trinajstić information content (AvgIpc) is 2.87. The van der Waals surface area contributed by atoms with E-state index in [4.69, 9.17) is 16.2 Å². The van der Waals surface area contributed by atoms with Crippen LogP contribution in [0.15, 0.2) is 29.4 Å². The summed E-state index contributed by atoms with van der Waals surface area (Å²) in [5.74, 6) is 2.04. The number of anilines is 2. The van der Waals surface area contributed by atoms with E-state index in [0.29, 0.717) is 23.6 Å². The molecular weight excluding hydrogens is 300 g/mol. The Bertz CT molecular complexity index is 803. The molecule has 1 aromatic carbocycles. The summed E-state index contributed by atoms with van der Waals surface area (Å²) in [4.78, 5) is 15.4. The first kappa shape index (κ1) is 14.5. The Labute approximate surface area is 131 Å². The molecule has 0 spiro atoms. The molecule has 0 amide bonds. The molecule has 0 radical (unpaired) electrons. The van der Waals surface area contributed by atoms with Crippen LogP contribution in [0.25, 0.3) is 11.2 Å². The molecule has 0 unspecified atom stereocenters. The molecule has 0 fully saturated rings. The van der Waals surface area contributed by atoms with E-state index in [1.807, 2.05) is 31.2 Å². The highest BCUT2D eigenvalue weighted by Crippen LogP contribution is 2.22. The van der Waals surface area contributed by atoms with Crippen molar-refractivity contribution in [1.82, 2.24) is 19.9 Å². The summed E-state index contributed by atoms with van der Waals surface area (Å²) in [6.45, 7) is 2.61. The van der Waals surface area contributed by atoms with Crippen molar-refractivity contribution in [3.8, 4) is 5.75 Å². The zero-order chi connectivity index (χ0) is 15.5. The van der Waals surface area contributed by atoms with E-state index in [0.717, 1.165) is 16.7 Å². The van der Waals surface area contributed by atoms with Crippen LogP contribution in [-0.4, -0.2) is 32.3 Å². The van der Waals surface area contributed by atoms with E-state index in [-0.39, 0.29) is 5.95 Å². The maximum absolute atomic E-state index is 5.78. The molecule has 22 heavy (non-hydrogen) atoms.